The maximum Gasteiger partial charge on any atom is 0.417 e. The van der Waals surface area contributed by atoms with Gasteiger partial charge in [0.15, 0.2) is 0 Å². The summed E-state index contributed by atoms with van der Waals surface area (Å²) in [5.74, 6) is -0.783. The summed E-state index contributed by atoms with van der Waals surface area (Å²) < 4.78 is 65.4. The summed E-state index contributed by atoms with van der Waals surface area (Å²) in [5, 5.41) is 1.77. The average molecular weight is 449 g/mol. The van der Waals surface area contributed by atoms with Gasteiger partial charge in [0, 0.05) is 12.7 Å². The van der Waals surface area contributed by atoms with E-state index in [0.717, 1.165) is 15.9 Å². The maximum atomic E-state index is 12.9. The van der Waals surface area contributed by atoms with Crippen LogP contribution in [0.15, 0.2) is 35.2 Å². The predicted molar refractivity (Wildman–Crippen MR) is 106 cm³/mol. The van der Waals surface area contributed by atoms with Crippen LogP contribution in [0.4, 0.5) is 18.9 Å². The van der Waals surface area contributed by atoms with Crippen LogP contribution in [0.5, 0.6) is 0 Å². The van der Waals surface area contributed by atoms with E-state index in [2.05, 4.69) is 5.32 Å². The van der Waals surface area contributed by atoms with E-state index in [1.165, 1.54) is 13.1 Å². The summed E-state index contributed by atoms with van der Waals surface area (Å²) >= 11 is 5.55. The van der Waals surface area contributed by atoms with Gasteiger partial charge in [-0.3, -0.25) is 4.79 Å². The van der Waals surface area contributed by atoms with Crippen LogP contribution in [-0.2, 0) is 21.0 Å². The Labute approximate surface area is 172 Å². The van der Waals surface area contributed by atoms with Crippen LogP contribution < -0.4 is 5.32 Å². The number of nitrogens with one attached hydrogen (secondary N) is 1. The van der Waals surface area contributed by atoms with Crippen LogP contribution in [0.1, 0.15) is 22.3 Å². The number of benzene rings is 2. The Balaban J connectivity index is 2.21. The zero-order valence-corrected chi connectivity index (χ0v) is 17.8. The number of nitrogens with zero attached hydrogens (tertiary/aromatic N) is 1. The molecule has 2 aromatic rings. The molecule has 0 saturated heterocycles. The lowest BCUT2D eigenvalue weighted by atomic mass is 10.1. The molecule has 0 spiro atoms. The molecule has 10 heteroatoms. The number of hydrogen-bond acceptors (Lipinski definition) is 3. The predicted octanol–water partition coefficient (Wildman–Crippen LogP) is 4.54. The van der Waals surface area contributed by atoms with Gasteiger partial charge in [0.25, 0.3) is 0 Å². The van der Waals surface area contributed by atoms with Gasteiger partial charge < -0.3 is 5.32 Å². The maximum absolute atomic E-state index is 12.9. The van der Waals surface area contributed by atoms with E-state index in [1.54, 1.807) is 26.0 Å². The number of sulfonamides is 1. The second-order valence-electron chi connectivity index (χ2n) is 6.73. The number of likely N-dealkylation sites (N-methyl/N-ethyl adjacent to an activating group) is 1. The zero-order chi connectivity index (χ0) is 22.1. The summed E-state index contributed by atoms with van der Waals surface area (Å²) in [6, 6.07) is 6.36. The first-order valence-electron chi connectivity index (χ1n) is 8.44. The molecule has 0 unspecified atom stereocenters. The van der Waals surface area contributed by atoms with Gasteiger partial charge in [0.2, 0.25) is 15.9 Å². The molecule has 1 N–H and O–H groups in total. The molecule has 0 fully saturated rings. The van der Waals surface area contributed by atoms with Crippen molar-refractivity contribution in [3.63, 3.8) is 0 Å². The Hall–Kier alpha value is -2.10. The molecule has 2 aromatic carbocycles. The third-order valence-corrected chi connectivity index (χ3v) is 6.63. The van der Waals surface area contributed by atoms with E-state index in [4.69, 9.17) is 11.6 Å². The molecule has 29 heavy (non-hydrogen) atoms. The minimum absolute atomic E-state index is 0.101. The first kappa shape index (κ1) is 23.2. The molecular formula is C19H20ClF3N2O3S. The molecule has 5 nitrogen and oxygen atoms in total. The van der Waals surface area contributed by atoms with E-state index in [0.29, 0.717) is 17.2 Å². The fraction of sp³-hybridized carbons (Fsp3) is 0.316. The quantitative estimate of drug-likeness (QED) is 0.730. The number of carbonyl (C=O) groups is 1. The Morgan fingerprint density at radius 2 is 1.66 bits per heavy atom. The molecular weight excluding hydrogens is 429 g/mol. The fourth-order valence-corrected chi connectivity index (χ4v) is 4.79. The van der Waals surface area contributed by atoms with Crippen molar-refractivity contribution in [2.45, 2.75) is 31.8 Å². The van der Waals surface area contributed by atoms with Crippen molar-refractivity contribution in [1.82, 2.24) is 4.31 Å². The molecule has 2 rings (SSSR count). The van der Waals surface area contributed by atoms with E-state index in [9.17, 15) is 26.4 Å². The summed E-state index contributed by atoms with van der Waals surface area (Å²) in [4.78, 5) is 12.3. The van der Waals surface area contributed by atoms with Gasteiger partial charge in [0.1, 0.15) is 0 Å². The molecule has 0 atom stereocenters. The highest BCUT2D eigenvalue weighted by Crippen LogP contribution is 2.36. The van der Waals surface area contributed by atoms with Crippen molar-refractivity contribution in [3.8, 4) is 0 Å². The number of aryl methyl sites for hydroxylation is 3. The molecule has 0 radical (unpaired) electrons. The SMILES string of the molecule is Cc1cc(C)c(S(=O)(=O)N(C)CC(=O)Nc2ccc(Cl)c(C(F)(F)F)c2)c(C)c1. The molecule has 0 heterocycles. The number of anilines is 1. The highest BCUT2D eigenvalue weighted by atomic mass is 35.5. The second kappa shape index (κ2) is 8.33. The van der Waals surface area contributed by atoms with Crippen molar-refractivity contribution in [1.29, 1.82) is 0 Å². The van der Waals surface area contributed by atoms with Crippen molar-refractivity contribution in [3.05, 3.63) is 57.6 Å². The molecule has 1 amide bonds. The van der Waals surface area contributed by atoms with Crippen LogP contribution >= 0.6 is 11.6 Å². The molecule has 0 saturated carbocycles. The van der Waals surface area contributed by atoms with Gasteiger partial charge in [-0.15, -0.1) is 0 Å². The number of rotatable bonds is 5. The summed E-state index contributed by atoms with van der Waals surface area (Å²) in [6.45, 7) is 4.59. The van der Waals surface area contributed by atoms with Gasteiger partial charge in [-0.2, -0.15) is 17.5 Å². The second-order valence-corrected chi connectivity index (χ2v) is 9.12. The lowest BCUT2D eigenvalue weighted by Gasteiger charge is -2.20. The molecule has 158 valence electrons. The highest BCUT2D eigenvalue weighted by Gasteiger charge is 2.33. The largest absolute Gasteiger partial charge is 0.417 e. The van der Waals surface area contributed by atoms with Crippen molar-refractivity contribution >= 4 is 33.2 Å². The number of carbonyl (C=O) groups excluding carboxylic acids is 1. The topological polar surface area (TPSA) is 66.5 Å². The Morgan fingerprint density at radius 3 is 2.17 bits per heavy atom. The smallest absolute Gasteiger partial charge is 0.325 e. The van der Waals surface area contributed by atoms with Crippen LogP contribution in [0.2, 0.25) is 5.02 Å². The van der Waals surface area contributed by atoms with Gasteiger partial charge in [0.05, 0.1) is 22.0 Å². The number of alkyl halides is 3. The zero-order valence-electron chi connectivity index (χ0n) is 16.2. The Bertz CT molecular complexity index is 1030. The van der Waals surface area contributed by atoms with Gasteiger partial charge in [-0.25, -0.2) is 8.42 Å². The van der Waals surface area contributed by atoms with Crippen LogP contribution in [-0.4, -0.2) is 32.2 Å². The normalized spacial score (nSPS) is 12.3. The molecule has 0 aromatic heterocycles. The monoisotopic (exact) mass is 448 g/mol. The molecule has 0 aliphatic rings. The first-order valence-corrected chi connectivity index (χ1v) is 10.3. The summed E-state index contributed by atoms with van der Waals surface area (Å²) in [5.41, 5.74) is 0.760. The standard InChI is InChI=1S/C19H20ClF3N2O3S/c1-11-7-12(2)18(13(3)8-11)29(27,28)25(4)10-17(26)24-14-5-6-16(20)15(9-14)19(21,22)23/h5-9H,10H2,1-4H3,(H,24,26). The summed E-state index contributed by atoms with van der Waals surface area (Å²) in [6.07, 6.45) is -4.68. The third kappa shape index (κ3) is 5.29. The molecule has 0 aliphatic carbocycles. The average Bonchev–Trinajstić information content (AvgIpc) is 2.54. The first-order chi connectivity index (χ1) is 13.2. The number of hydrogen-bond donors (Lipinski definition) is 1. The van der Waals surface area contributed by atoms with E-state index >= 15 is 0 Å². The van der Waals surface area contributed by atoms with Crippen LogP contribution in [0.25, 0.3) is 0 Å². The molecule has 0 aliphatic heterocycles. The van der Waals surface area contributed by atoms with Gasteiger partial charge in [-0.05, 0) is 50.1 Å². The van der Waals surface area contributed by atoms with E-state index in [-0.39, 0.29) is 10.6 Å². The van der Waals surface area contributed by atoms with Crippen LogP contribution in [0, 0.1) is 20.8 Å². The lowest BCUT2D eigenvalue weighted by molar-refractivity contribution is -0.137. The third-order valence-electron chi connectivity index (χ3n) is 4.19. The minimum atomic E-state index is -4.68. The van der Waals surface area contributed by atoms with Gasteiger partial charge in [-0.1, -0.05) is 29.3 Å². The van der Waals surface area contributed by atoms with Crippen molar-refractivity contribution in [2.24, 2.45) is 0 Å². The number of amides is 1. The Kier molecular flexibility index (Phi) is 6.66. The highest BCUT2D eigenvalue weighted by molar-refractivity contribution is 7.89. The number of halogens is 4. The van der Waals surface area contributed by atoms with E-state index in [1.807, 2.05) is 6.92 Å². The molecule has 0 bridgehead atoms. The van der Waals surface area contributed by atoms with Crippen LogP contribution in [0.3, 0.4) is 0 Å². The van der Waals surface area contributed by atoms with Crippen molar-refractivity contribution < 1.29 is 26.4 Å². The Morgan fingerprint density at radius 1 is 1.10 bits per heavy atom. The summed E-state index contributed by atoms with van der Waals surface area (Å²) in [7, 11) is -2.74. The van der Waals surface area contributed by atoms with Crippen molar-refractivity contribution in [2.75, 3.05) is 18.9 Å². The van der Waals surface area contributed by atoms with Gasteiger partial charge >= 0.3 is 6.18 Å². The lowest BCUT2D eigenvalue weighted by Crippen LogP contribution is -2.35. The fourth-order valence-electron chi connectivity index (χ4n) is 3.04. The van der Waals surface area contributed by atoms with E-state index < -0.39 is 39.2 Å². The minimum Gasteiger partial charge on any atom is -0.325 e.